The predicted octanol–water partition coefficient (Wildman–Crippen LogP) is 3.59. The number of thioether (sulfide) groups is 1. The molecule has 130 valence electrons. The van der Waals surface area contributed by atoms with Crippen molar-refractivity contribution >= 4 is 21.8 Å². The molecule has 1 fully saturated rings. The van der Waals surface area contributed by atoms with Crippen LogP contribution in [0.5, 0.6) is 0 Å². The molecule has 9 heteroatoms. The summed E-state index contributed by atoms with van der Waals surface area (Å²) in [5, 5.41) is -0.195. The second-order valence-electron chi connectivity index (χ2n) is 5.25. The number of hydrogen-bond acceptors (Lipinski definition) is 3. The van der Waals surface area contributed by atoms with Crippen LogP contribution in [-0.4, -0.2) is 43.5 Å². The van der Waals surface area contributed by atoms with Gasteiger partial charge in [0, 0.05) is 29.7 Å². The molecule has 1 aliphatic heterocycles. The molecule has 1 unspecified atom stereocenters. The maximum Gasteiger partial charge on any atom is 0.390 e. The van der Waals surface area contributed by atoms with Gasteiger partial charge in [-0.05, 0) is 12.5 Å². The van der Waals surface area contributed by atoms with E-state index >= 15 is 0 Å². The van der Waals surface area contributed by atoms with Gasteiger partial charge in [0.1, 0.15) is 5.82 Å². The normalized spacial score (nSPS) is 21.1. The van der Waals surface area contributed by atoms with Crippen LogP contribution in [0.4, 0.5) is 17.6 Å². The first-order chi connectivity index (χ1) is 10.7. The highest BCUT2D eigenvalue weighted by Crippen LogP contribution is 2.36. The molecular weight excluding hydrogens is 354 g/mol. The van der Waals surface area contributed by atoms with Crippen molar-refractivity contribution in [3.63, 3.8) is 0 Å². The Labute approximate surface area is 137 Å². The van der Waals surface area contributed by atoms with Gasteiger partial charge in [-0.1, -0.05) is 18.2 Å². The molecule has 1 aliphatic rings. The monoisotopic (exact) mass is 371 g/mol. The lowest BCUT2D eigenvalue weighted by molar-refractivity contribution is -0.130. The minimum absolute atomic E-state index is 0.103. The second-order valence-corrected chi connectivity index (χ2v) is 8.65. The van der Waals surface area contributed by atoms with Crippen molar-refractivity contribution in [2.45, 2.75) is 24.3 Å². The second kappa shape index (κ2) is 7.40. The fourth-order valence-electron chi connectivity index (χ4n) is 2.39. The molecule has 23 heavy (non-hydrogen) atoms. The maximum absolute atomic E-state index is 13.8. The zero-order chi connectivity index (χ0) is 17.1. The molecule has 0 aromatic heterocycles. The van der Waals surface area contributed by atoms with Gasteiger partial charge < -0.3 is 0 Å². The third-order valence-corrected chi connectivity index (χ3v) is 6.77. The Morgan fingerprint density at radius 3 is 2.57 bits per heavy atom. The van der Waals surface area contributed by atoms with E-state index in [1.165, 1.54) is 17.8 Å². The van der Waals surface area contributed by atoms with Crippen molar-refractivity contribution in [3.8, 4) is 0 Å². The highest BCUT2D eigenvalue weighted by atomic mass is 32.2. The Morgan fingerprint density at radius 1 is 1.22 bits per heavy atom. The first-order valence-corrected chi connectivity index (χ1v) is 9.75. The Bertz CT molecular complexity index is 634. The summed E-state index contributed by atoms with van der Waals surface area (Å²) < 4.78 is 75.7. The van der Waals surface area contributed by atoms with E-state index in [2.05, 4.69) is 0 Å². The number of alkyl halides is 3. The molecule has 1 atom stereocenters. The Kier molecular flexibility index (Phi) is 5.96. The van der Waals surface area contributed by atoms with Crippen LogP contribution in [0.2, 0.25) is 0 Å². The van der Waals surface area contributed by atoms with E-state index in [1.54, 1.807) is 18.2 Å². The zero-order valence-corrected chi connectivity index (χ0v) is 13.9. The summed E-state index contributed by atoms with van der Waals surface area (Å²) in [6.45, 7) is 0.252. The van der Waals surface area contributed by atoms with Crippen molar-refractivity contribution < 1.29 is 26.0 Å². The summed E-state index contributed by atoms with van der Waals surface area (Å²) in [6.07, 6.45) is -5.48. The molecule has 0 N–H and O–H groups in total. The van der Waals surface area contributed by atoms with E-state index in [4.69, 9.17) is 0 Å². The molecule has 1 saturated heterocycles. The quantitative estimate of drug-likeness (QED) is 0.759. The molecule has 1 aromatic rings. The van der Waals surface area contributed by atoms with Gasteiger partial charge in [-0.2, -0.15) is 24.9 Å². The van der Waals surface area contributed by atoms with Crippen molar-refractivity contribution in [1.82, 2.24) is 4.31 Å². The summed E-state index contributed by atoms with van der Waals surface area (Å²) in [4.78, 5) is 0. The van der Waals surface area contributed by atoms with E-state index in [1.807, 2.05) is 0 Å². The third kappa shape index (κ3) is 5.36. The van der Waals surface area contributed by atoms with Crippen molar-refractivity contribution in [2.75, 3.05) is 24.6 Å². The van der Waals surface area contributed by atoms with Crippen LogP contribution in [0, 0.1) is 5.82 Å². The van der Waals surface area contributed by atoms with Crippen LogP contribution in [0.3, 0.4) is 0 Å². The summed E-state index contributed by atoms with van der Waals surface area (Å²) >= 11 is 1.43. The van der Waals surface area contributed by atoms with Gasteiger partial charge >= 0.3 is 6.18 Å². The molecule has 3 nitrogen and oxygen atoms in total. The lowest BCUT2D eigenvalue weighted by atomic mass is 10.1. The predicted molar refractivity (Wildman–Crippen MR) is 82.2 cm³/mol. The minimum atomic E-state index is -4.50. The third-order valence-electron chi connectivity index (χ3n) is 3.59. The highest BCUT2D eigenvalue weighted by molar-refractivity contribution is 7.99. The lowest BCUT2D eigenvalue weighted by Gasteiger charge is -2.20. The van der Waals surface area contributed by atoms with E-state index in [0.29, 0.717) is 17.7 Å². The van der Waals surface area contributed by atoms with E-state index < -0.39 is 28.4 Å². The Balaban J connectivity index is 2.02. The molecule has 0 aliphatic carbocycles. The number of sulfonamides is 1. The molecule has 1 heterocycles. The van der Waals surface area contributed by atoms with Gasteiger partial charge in [0.15, 0.2) is 0 Å². The van der Waals surface area contributed by atoms with Crippen molar-refractivity contribution in [2.24, 2.45) is 0 Å². The molecule has 2 rings (SSSR count). The van der Waals surface area contributed by atoms with Gasteiger partial charge in [0.25, 0.3) is 0 Å². The van der Waals surface area contributed by atoms with Crippen LogP contribution in [-0.2, 0) is 10.0 Å². The van der Waals surface area contributed by atoms with Crippen molar-refractivity contribution in [1.29, 1.82) is 0 Å². The number of benzene rings is 1. The van der Waals surface area contributed by atoms with Crippen LogP contribution in [0.1, 0.15) is 23.7 Å². The van der Waals surface area contributed by atoms with Crippen LogP contribution < -0.4 is 0 Å². The van der Waals surface area contributed by atoms with E-state index in [9.17, 15) is 26.0 Å². The number of rotatable bonds is 4. The molecule has 0 spiro atoms. The fourth-order valence-corrected chi connectivity index (χ4v) is 5.26. The summed E-state index contributed by atoms with van der Waals surface area (Å²) in [5.41, 5.74) is 0.507. The number of nitrogens with zero attached hydrogens (tertiary/aromatic N) is 1. The molecule has 0 amide bonds. The van der Waals surface area contributed by atoms with Crippen LogP contribution in [0.15, 0.2) is 24.3 Å². The molecule has 0 saturated carbocycles. The SMILES string of the molecule is O=S(=O)(CCC(F)(F)F)N1CCSC(c2ccccc2F)CC1. The van der Waals surface area contributed by atoms with Crippen LogP contribution >= 0.6 is 11.8 Å². The maximum atomic E-state index is 13.8. The van der Waals surface area contributed by atoms with Gasteiger partial charge in [-0.3, -0.25) is 0 Å². The van der Waals surface area contributed by atoms with Crippen LogP contribution in [0.25, 0.3) is 0 Å². The van der Waals surface area contributed by atoms with Gasteiger partial charge in [-0.25, -0.2) is 17.1 Å². The molecule has 0 radical (unpaired) electrons. The first-order valence-electron chi connectivity index (χ1n) is 7.10. The topological polar surface area (TPSA) is 37.4 Å². The number of halogens is 4. The molecular formula is C14H17F4NO2S2. The lowest BCUT2D eigenvalue weighted by Crippen LogP contribution is -2.36. The average molecular weight is 371 g/mol. The first kappa shape index (κ1) is 18.5. The largest absolute Gasteiger partial charge is 0.390 e. The minimum Gasteiger partial charge on any atom is -0.212 e. The van der Waals surface area contributed by atoms with E-state index in [0.717, 1.165) is 4.31 Å². The Hall–Kier alpha value is -0.800. The zero-order valence-electron chi connectivity index (χ0n) is 12.2. The molecule has 0 bridgehead atoms. The van der Waals surface area contributed by atoms with Crippen molar-refractivity contribution in [3.05, 3.63) is 35.6 Å². The standard InChI is InChI=1S/C14H17F4NO2S2/c15-12-4-2-1-3-11(12)13-5-7-19(8-9-22-13)23(20,21)10-6-14(16,17)18/h1-4,13H,5-10H2. The fraction of sp³-hybridized carbons (Fsp3) is 0.571. The summed E-state index contributed by atoms with van der Waals surface area (Å²) in [7, 11) is -3.95. The van der Waals surface area contributed by atoms with E-state index in [-0.39, 0.29) is 24.2 Å². The average Bonchev–Trinajstić information content (AvgIpc) is 2.71. The summed E-state index contributed by atoms with van der Waals surface area (Å²) in [5.74, 6) is -0.867. The van der Waals surface area contributed by atoms with Gasteiger partial charge in [0.05, 0.1) is 12.2 Å². The number of hydrogen-bond donors (Lipinski definition) is 0. The van der Waals surface area contributed by atoms with Gasteiger partial charge in [0.2, 0.25) is 10.0 Å². The summed E-state index contributed by atoms with van der Waals surface area (Å²) in [6, 6.07) is 6.29. The Morgan fingerprint density at radius 2 is 1.91 bits per heavy atom. The smallest absolute Gasteiger partial charge is 0.212 e. The van der Waals surface area contributed by atoms with Gasteiger partial charge in [-0.15, -0.1) is 0 Å². The highest BCUT2D eigenvalue weighted by Gasteiger charge is 2.33. The molecule has 1 aromatic carbocycles.